The summed E-state index contributed by atoms with van der Waals surface area (Å²) >= 11 is 0. The maximum atomic E-state index is 9.01. The summed E-state index contributed by atoms with van der Waals surface area (Å²) in [6, 6.07) is 19.3. The van der Waals surface area contributed by atoms with E-state index in [2.05, 4.69) is 48.2 Å². The van der Waals surface area contributed by atoms with Crippen molar-refractivity contribution in [3.8, 4) is 6.07 Å². The molecule has 2 nitrogen and oxygen atoms in total. The van der Waals surface area contributed by atoms with E-state index in [4.69, 9.17) is 5.26 Å². The van der Waals surface area contributed by atoms with Crippen molar-refractivity contribution in [3.63, 3.8) is 0 Å². The first-order valence-corrected chi connectivity index (χ1v) is 7.11. The fraction of sp³-hybridized carbons (Fsp3) is 0.278. The number of fused-ring (bicyclic) bond motifs is 1. The highest BCUT2D eigenvalue weighted by molar-refractivity contribution is 5.56. The van der Waals surface area contributed by atoms with Crippen LogP contribution in [0.2, 0.25) is 0 Å². The van der Waals surface area contributed by atoms with Crippen LogP contribution in [0.4, 0.5) is 5.69 Å². The average Bonchev–Trinajstić information content (AvgIpc) is 2.50. The normalized spacial score (nSPS) is 17.4. The summed E-state index contributed by atoms with van der Waals surface area (Å²) in [7, 11) is 0. The molecule has 3 rings (SSSR count). The molecule has 0 bridgehead atoms. The molecule has 0 aliphatic carbocycles. The fourth-order valence-corrected chi connectivity index (χ4v) is 2.94. The van der Waals surface area contributed by atoms with Crippen LogP contribution < -0.4 is 4.90 Å². The first-order valence-electron chi connectivity index (χ1n) is 7.11. The van der Waals surface area contributed by atoms with E-state index < -0.39 is 0 Å². The number of nitrogens with zero attached hydrogens (tertiary/aromatic N) is 2. The molecule has 0 spiro atoms. The molecule has 0 saturated carbocycles. The Labute approximate surface area is 120 Å². The van der Waals surface area contributed by atoms with Gasteiger partial charge in [-0.3, -0.25) is 0 Å². The van der Waals surface area contributed by atoms with Gasteiger partial charge < -0.3 is 4.90 Å². The third kappa shape index (κ3) is 2.40. The van der Waals surface area contributed by atoms with Crippen LogP contribution in [0.5, 0.6) is 0 Å². The highest BCUT2D eigenvalue weighted by atomic mass is 15.2. The second-order valence-corrected chi connectivity index (χ2v) is 5.46. The number of anilines is 1. The minimum atomic E-state index is 0.538. The molecule has 1 atom stereocenters. The Hall–Kier alpha value is -2.27. The lowest BCUT2D eigenvalue weighted by Gasteiger charge is -2.37. The van der Waals surface area contributed by atoms with Crippen LogP contribution in [0.25, 0.3) is 0 Å². The third-order valence-electron chi connectivity index (χ3n) is 4.07. The Bertz CT molecular complexity index is 654. The molecule has 0 fully saturated rings. The molecule has 2 aromatic rings. The minimum absolute atomic E-state index is 0.538. The molecule has 0 amide bonds. The molecule has 2 heteroatoms. The summed E-state index contributed by atoms with van der Waals surface area (Å²) in [5, 5.41) is 9.01. The first kappa shape index (κ1) is 12.7. The summed E-state index contributed by atoms with van der Waals surface area (Å²) in [6.45, 7) is 3.15. The number of hydrogen-bond donors (Lipinski definition) is 0. The second-order valence-electron chi connectivity index (χ2n) is 5.46. The topological polar surface area (TPSA) is 27.0 Å². The number of nitriles is 1. The van der Waals surface area contributed by atoms with Gasteiger partial charge in [0.25, 0.3) is 0 Å². The van der Waals surface area contributed by atoms with Gasteiger partial charge in [-0.05, 0) is 49.1 Å². The quantitative estimate of drug-likeness (QED) is 0.820. The second kappa shape index (κ2) is 5.38. The van der Waals surface area contributed by atoms with Crippen LogP contribution in [-0.4, -0.2) is 6.04 Å². The molecule has 2 aromatic carbocycles. The Kier molecular flexibility index (Phi) is 3.43. The van der Waals surface area contributed by atoms with Gasteiger partial charge in [0.1, 0.15) is 0 Å². The van der Waals surface area contributed by atoms with Crippen LogP contribution in [0, 0.1) is 11.3 Å². The van der Waals surface area contributed by atoms with Crippen LogP contribution in [0.15, 0.2) is 48.5 Å². The SMILES string of the molecule is CC1CCc2ccccc2N1Cc1cccc(C#N)c1. The predicted octanol–water partition coefficient (Wildman–Crippen LogP) is 3.90. The van der Waals surface area contributed by atoms with E-state index in [0.29, 0.717) is 6.04 Å². The van der Waals surface area contributed by atoms with E-state index in [1.54, 1.807) is 0 Å². The van der Waals surface area contributed by atoms with Crippen molar-refractivity contribution in [3.05, 3.63) is 65.2 Å². The summed E-state index contributed by atoms with van der Waals surface area (Å²) in [4.78, 5) is 2.45. The van der Waals surface area contributed by atoms with Crippen molar-refractivity contribution in [1.82, 2.24) is 0 Å². The number of benzene rings is 2. The molecule has 1 aliphatic heterocycles. The molecule has 0 saturated heterocycles. The standard InChI is InChI=1S/C18H18N2/c1-14-9-10-17-7-2-3-8-18(17)20(14)13-16-6-4-5-15(11-16)12-19/h2-8,11,14H,9-10,13H2,1H3. The van der Waals surface area contributed by atoms with Crippen molar-refractivity contribution < 1.29 is 0 Å². The summed E-state index contributed by atoms with van der Waals surface area (Å²) in [6.07, 6.45) is 2.35. The molecule has 1 unspecified atom stereocenters. The number of rotatable bonds is 2. The number of aryl methyl sites for hydroxylation is 1. The molecule has 1 heterocycles. The van der Waals surface area contributed by atoms with Gasteiger partial charge in [-0.15, -0.1) is 0 Å². The van der Waals surface area contributed by atoms with E-state index in [1.807, 2.05) is 18.2 Å². The highest BCUT2D eigenvalue weighted by Crippen LogP contribution is 2.31. The maximum Gasteiger partial charge on any atom is 0.0991 e. The smallest absolute Gasteiger partial charge is 0.0991 e. The monoisotopic (exact) mass is 262 g/mol. The van der Waals surface area contributed by atoms with Crippen molar-refractivity contribution in [2.75, 3.05) is 4.90 Å². The molecular formula is C18H18N2. The van der Waals surface area contributed by atoms with E-state index in [1.165, 1.54) is 23.2 Å². The zero-order valence-corrected chi connectivity index (χ0v) is 11.7. The maximum absolute atomic E-state index is 9.01. The molecule has 0 radical (unpaired) electrons. The largest absolute Gasteiger partial charge is 0.364 e. The van der Waals surface area contributed by atoms with Crippen LogP contribution in [0.1, 0.15) is 30.0 Å². The molecule has 0 aromatic heterocycles. The van der Waals surface area contributed by atoms with E-state index in [0.717, 1.165) is 18.5 Å². The van der Waals surface area contributed by atoms with Gasteiger partial charge in [0.15, 0.2) is 0 Å². The number of para-hydroxylation sites is 1. The van der Waals surface area contributed by atoms with Crippen molar-refractivity contribution in [2.45, 2.75) is 32.4 Å². The van der Waals surface area contributed by atoms with E-state index in [9.17, 15) is 0 Å². The predicted molar refractivity (Wildman–Crippen MR) is 81.6 cm³/mol. The van der Waals surface area contributed by atoms with Gasteiger partial charge in [0, 0.05) is 18.3 Å². The van der Waals surface area contributed by atoms with E-state index in [-0.39, 0.29) is 0 Å². The van der Waals surface area contributed by atoms with Crippen molar-refractivity contribution >= 4 is 5.69 Å². The molecule has 100 valence electrons. The Morgan fingerprint density at radius 1 is 1.20 bits per heavy atom. The fourth-order valence-electron chi connectivity index (χ4n) is 2.94. The van der Waals surface area contributed by atoms with Crippen LogP contribution in [-0.2, 0) is 13.0 Å². The van der Waals surface area contributed by atoms with Gasteiger partial charge in [-0.25, -0.2) is 0 Å². The lowest BCUT2D eigenvalue weighted by molar-refractivity contribution is 0.560. The lowest BCUT2D eigenvalue weighted by atomic mass is 9.96. The third-order valence-corrected chi connectivity index (χ3v) is 4.07. The Morgan fingerprint density at radius 2 is 2.05 bits per heavy atom. The van der Waals surface area contributed by atoms with Gasteiger partial charge in [-0.2, -0.15) is 5.26 Å². The highest BCUT2D eigenvalue weighted by Gasteiger charge is 2.22. The van der Waals surface area contributed by atoms with Gasteiger partial charge >= 0.3 is 0 Å². The van der Waals surface area contributed by atoms with Crippen molar-refractivity contribution in [1.29, 1.82) is 5.26 Å². The van der Waals surface area contributed by atoms with Crippen LogP contribution >= 0.6 is 0 Å². The zero-order chi connectivity index (χ0) is 13.9. The van der Waals surface area contributed by atoms with Crippen LogP contribution in [0.3, 0.4) is 0 Å². The Morgan fingerprint density at radius 3 is 2.90 bits per heavy atom. The summed E-state index contributed by atoms with van der Waals surface area (Å²) in [5.74, 6) is 0. The van der Waals surface area contributed by atoms with Gasteiger partial charge in [0.2, 0.25) is 0 Å². The zero-order valence-electron chi connectivity index (χ0n) is 11.7. The van der Waals surface area contributed by atoms with Crippen molar-refractivity contribution in [2.24, 2.45) is 0 Å². The number of hydrogen-bond acceptors (Lipinski definition) is 2. The average molecular weight is 262 g/mol. The first-order chi connectivity index (χ1) is 9.78. The molecular weight excluding hydrogens is 244 g/mol. The Balaban J connectivity index is 1.92. The lowest BCUT2D eigenvalue weighted by Crippen LogP contribution is -2.36. The summed E-state index contributed by atoms with van der Waals surface area (Å²) < 4.78 is 0. The summed E-state index contributed by atoms with van der Waals surface area (Å²) in [5.41, 5.74) is 4.71. The van der Waals surface area contributed by atoms with Gasteiger partial charge in [-0.1, -0.05) is 30.3 Å². The molecule has 20 heavy (non-hydrogen) atoms. The molecule has 0 N–H and O–H groups in total. The van der Waals surface area contributed by atoms with Gasteiger partial charge in [0.05, 0.1) is 11.6 Å². The van der Waals surface area contributed by atoms with E-state index >= 15 is 0 Å². The molecule has 1 aliphatic rings. The minimum Gasteiger partial charge on any atom is -0.364 e.